The first-order chi connectivity index (χ1) is 8.36. The molecule has 0 fully saturated rings. The van der Waals surface area contributed by atoms with Gasteiger partial charge >= 0.3 is 6.18 Å². The summed E-state index contributed by atoms with van der Waals surface area (Å²) in [4.78, 5) is 5.91. The third kappa shape index (κ3) is 4.15. The fourth-order valence-corrected chi connectivity index (χ4v) is 1.87. The molecule has 0 N–H and O–H groups in total. The number of hydrogen-bond donors (Lipinski definition) is 0. The standard InChI is InChI=1S/C12H16BrF3N2/c1-9(2)18(7-3-5-13)11-8-10(4-6-17-11)12(14,15)16/h4,6,8-9H,3,5,7H2,1-2H3. The topological polar surface area (TPSA) is 16.1 Å². The highest BCUT2D eigenvalue weighted by Crippen LogP contribution is 2.31. The van der Waals surface area contributed by atoms with Crippen molar-refractivity contribution in [3.63, 3.8) is 0 Å². The Morgan fingerprint density at radius 1 is 1.39 bits per heavy atom. The third-order valence-electron chi connectivity index (χ3n) is 2.52. The lowest BCUT2D eigenvalue weighted by Gasteiger charge is -2.28. The van der Waals surface area contributed by atoms with Gasteiger partial charge in [0.1, 0.15) is 5.82 Å². The van der Waals surface area contributed by atoms with Crippen LogP contribution in [0.25, 0.3) is 0 Å². The molecule has 0 radical (unpaired) electrons. The van der Waals surface area contributed by atoms with Gasteiger partial charge in [-0.3, -0.25) is 0 Å². The fraction of sp³-hybridized carbons (Fsp3) is 0.583. The molecule has 1 aromatic heterocycles. The van der Waals surface area contributed by atoms with Gasteiger partial charge in [0.05, 0.1) is 5.56 Å². The van der Waals surface area contributed by atoms with Crippen molar-refractivity contribution in [2.45, 2.75) is 32.5 Å². The van der Waals surface area contributed by atoms with Crippen molar-refractivity contribution in [3.8, 4) is 0 Å². The Kier molecular flexibility index (Phi) is 5.44. The molecule has 1 aromatic rings. The van der Waals surface area contributed by atoms with Crippen LogP contribution in [0.4, 0.5) is 19.0 Å². The van der Waals surface area contributed by atoms with Crippen molar-refractivity contribution in [1.29, 1.82) is 0 Å². The van der Waals surface area contributed by atoms with Gasteiger partial charge < -0.3 is 4.90 Å². The van der Waals surface area contributed by atoms with Gasteiger partial charge in [-0.15, -0.1) is 0 Å². The van der Waals surface area contributed by atoms with E-state index in [4.69, 9.17) is 0 Å². The van der Waals surface area contributed by atoms with E-state index in [0.717, 1.165) is 23.9 Å². The van der Waals surface area contributed by atoms with E-state index in [1.807, 2.05) is 18.7 Å². The maximum Gasteiger partial charge on any atom is 0.416 e. The molecule has 0 saturated heterocycles. The third-order valence-corrected chi connectivity index (χ3v) is 3.08. The Bertz CT molecular complexity index is 380. The molecule has 0 aromatic carbocycles. The Labute approximate surface area is 113 Å². The van der Waals surface area contributed by atoms with Gasteiger partial charge in [0, 0.05) is 24.1 Å². The minimum Gasteiger partial charge on any atom is -0.354 e. The van der Waals surface area contributed by atoms with Gasteiger partial charge in [-0.25, -0.2) is 4.98 Å². The minimum absolute atomic E-state index is 0.111. The summed E-state index contributed by atoms with van der Waals surface area (Å²) in [6.07, 6.45) is -2.26. The van der Waals surface area contributed by atoms with Crippen molar-refractivity contribution in [2.75, 3.05) is 16.8 Å². The normalized spacial score (nSPS) is 11.9. The number of halogens is 4. The summed E-state index contributed by atoms with van der Waals surface area (Å²) in [5.41, 5.74) is -0.656. The summed E-state index contributed by atoms with van der Waals surface area (Å²) in [7, 11) is 0. The molecule has 6 heteroatoms. The van der Waals surface area contributed by atoms with Crippen molar-refractivity contribution in [2.24, 2.45) is 0 Å². The molecule has 0 bridgehead atoms. The van der Waals surface area contributed by atoms with Crippen LogP contribution in [-0.4, -0.2) is 22.9 Å². The zero-order valence-electron chi connectivity index (χ0n) is 10.3. The molecular weight excluding hydrogens is 309 g/mol. The molecule has 0 aliphatic carbocycles. The molecule has 0 aliphatic heterocycles. The molecule has 1 heterocycles. The maximum absolute atomic E-state index is 12.6. The molecule has 0 spiro atoms. The molecule has 0 unspecified atom stereocenters. The predicted molar refractivity (Wildman–Crippen MR) is 70.1 cm³/mol. The maximum atomic E-state index is 12.6. The molecule has 0 saturated carbocycles. The molecule has 18 heavy (non-hydrogen) atoms. The minimum atomic E-state index is -4.32. The highest BCUT2D eigenvalue weighted by atomic mass is 79.9. The fourth-order valence-electron chi connectivity index (χ4n) is 1.62. The molecule has 0 aliphatic rings. The summed E-state index contributed by atoms with van der Waals surface area (Å²) in [6.45, 7) is 4.56. The lowest BCUT2D eigenvalue weighted by atomic mass is 10.2. The van der Waals surface area contributed by atoms with Crippen molar-refractivity contribution >= 4 is 21.7 Å². The summed E-state index contributed by atoms with van der Waals surface area (Å²) in [5.74, 6) is 0.376. The molecule has 102 valence electrons. The predicted octanol–water partition coefficient (Wildman–Crippen LogP) is 4.10. The van der Waals surface area contributed by atoms with Crippen LogP contribution >= 0.6 is 15.9 Å². The number of aromatic nitrogens is 1. The number of rotatable bonds is 5. The van der Waals surface area contributed by atoms with E-state index >= 15 is 0 Å². The number of nitrogens with zero attached hydrogens (tertiary/aromatic N) is 2. The first kappa shape index (κ1) is 15.3. The second kappa shape index (κ2) is 6.41. The van der Waals surface area contributed by atoms with E-state index in [9.17, 15) is 13.2 Å². The summed E-state index contributed by atoms with van der Waals surface area (Å²) >= 11 is 3.32. The first-order valence-corrected chi connectivity index (χ1v) is 6.84. The lowest BCUT2D eigenvalue weighted by molar-refractivity contribution is -0.137. The van der Waals surface area contributed by atoms with Crippen molar-refractivity contribution < 1.29 is 13.2 Å². The zero-order valence-corrected chi connectivity index (χ0v) is 11.9. The van der Waals surface area contributed by atoms with Crippen LogP contribution in [0.15, 0.2) is 18.3 Å². The second-order valence-corrected chi connectivity index (χ2v) is 5.02. The Morgan fingerprint density at radius 3 is 2.56 bits per heavy atom. The zero-order chi connectivity index (χ0) is 13.8. The number of pyridine rings is 1. The van der Waals surface area contributed by atoms with Crippen LogP contribution in [0, 0.1) is 0 Å². The largest absolute Gasteiger partial charge is 0.416 e. The van der Waals surface area contributed by atoms with Gasteiger partial charge in [0.15, 0.2) is 0 Å². The van der Waals surface area contributed by atoms with Gasteiger partial charge in [-0.2, -0.15) is 13.2 Å². The Balaban J connectivity index is 2.98. The van der Waals surface area contributed by atoms with Crippen molar-refractivity contribution in [3.05, 3.63) is 23.9 Å². The van der Waals surface area contributed by atoms with Crippen LogP contribution < -0.4 is 4.90 Å². The van der Waals surface area contributed by atoms with Gasteiger partial charge in [-0.1, -0.05) is 15.9 Å². The quantitative estimate of drug-likeness (QED) is 0.758. The number of hydrogen-bond acceptors (Lipinski definition) is 2. The average molecular weight is 325 g/mol. The number of alkyl halides is 4. The molecule has 0 atom stereocenters. The highest BCUT2D eigenvalue weighted by Gasteiger charge is 2.31. The van der Waals surface area contributed by atoms with Crippen LogP contribution in [0.2, 0.25) is 0 Å². The van der Waals surface area contributed by atoms with Gasteiger partial charge in [0.2, 0.25) is 0 Å². The van der Waals surface area contributed by atoms with E-state index in [1.54, 1.807) is 0 Å². The Hall–Kier alpha value is -0.780. The number of anilines is 1. The Morgan fingerprint density at radius 2 is 2.06 bits per heavy atom. The first-order valence-electron chi connectivity index (χ1n) is 5.72. The molecule has 0 amide bonds. The van der Waals surface area contributed by atoms with E-state index < -0.39 is 11.7 Å². The summed E-state index contributed by atoms with van der Waals surface area (Å²) < 4.78 is 37.9. The molecule has 2 nitrogen and oxygen atoms in total. The SMILES string of the molecule is CC(C)N(CCCBr)c1cc(C(F)(F)F)ccn1. The van der Waals surface area contributed by atoms with E-state index in [2.05, 4.69) is 20.9 Å². The van der Waals surface area contributed by atoms with E-state index in [0.29, 0.717) is 12.4 Å². The van der Waals surface area contributed by atoms with E-state index in [1.165, 1.54) is 6.20 Å². The summed E-state index contributed by atoms with van der Waals surface area (Å²) in [5, 5.41) is 0.815. The van der Waals surface area contributed by atoms with Crippen LogP contribution in [0.5, 0.6) is 0 Å². The lowest BCUT2D eigenvalue weighted by Crippen LogP contribution is -2.32. The smallest absolute Gasteiger partial charge is 0.354 e. The van der Waals surface area contributed by atoms with Gasteiger partial charge in [-0.05, 0) is 32.4 Å². The highest BCUT2D eigenvalue weighted by molar-refractivity contribution is 9.09. The monoisotopic (exact) mass is 324 g/mol. The van der Waals surface area contributed by atoms with Gasteiger partial charge in [0.25, 0.3) is 0 Å². The van der Waals surface area contributed by atoms with E-state index in [-0.39, 0.29) is 6.04 Å². The van der Waals surface area contributed by atoms with Crippen LogP contribution in [0.3, 0.4) is 0 Å². The van der Waals surface area contributed by atoms with Crippen LogP contribution in [0.1, 0.15) is 25.8 Å². The summed E-state index contributed by atoms with van der Waals surface area (Å²) in [6, 6.07) is 2.21. The van der Waals surface area contributed by atoms with Crippen molar-refractivity contribution in [1.82, 2.24) is 4.98 Å². The average Bonchev–Trinajstić information content (AvgIpc) is 2.28. The second-order valence-electron chi connectivity index (χ2n) is 4.23. The van der Waals surface area contributed by atoms with Crippen LogP contribution in [-0.2, 0) is 6.18 Å². The molecular formula is C12H16BrF3N2. The molecule has 1 rings (SSSR count).